The normalized spacial score (nSPS) is 12.6. The van der Waals surface area contributed by atoms with Crippen molar-refractivity contribution in [2.75, 3.05) is 5.73 Å². The average Bonchev–Trinajstić information content (AvgIpc) is 3.46. The number of nitrogens with two attached hydrogens (primary N) is 1. The Hall–Kier alpha value is -3.21. The van der Waals surface area contributed by atoms with Crippen LogP contribution in [0, 0.1) is 0 Å². The summed E-state index contributed by atoms with van der Waals surface area (Å²) in [5, 5.41) is 15.6. The van der Waals surface area contributed by atoms with Crippen LogP contribution in [0.5, 0.6) is 0 Å². The van der Waals surface area contributed by atoms with Gasteiger partial charge in [-0.1, -0.05) is 18.6 Å². The number of alkyl halides is 2. The average molecular weight is 417 g/mol. The summed E-state index contributed by atoms with van der Waals surface area (Å²) < 4.78 is 32.2. The molecule has 4 heterocycles. The number of thiophene rings is 1. The van der Waals surface area contributed by atoms with Crippen LogP contribution < -0.4 is 5.73 Å². The van der Waals surface area contributed by atoms with Gasteiger partial charge in [0.05, 0.1) is 17.1 Å². The topological polar surface area (TPSA) is 109 Å². The maximum Gasteiger partial charge on any atom is 0.314 e. The van der Waals surface area contributed by atoms with Crippen molar-refractivity contribution in [3.8, 4) is 22.0 Å². The molecule has 0 amide bonds. The van der Waals surface area contributed by atoms with Crippen molar-refractivity contribution in [3.63, 3.8) is 0 Å². The van der Waals surface area contributed by atoms with E-state index in [0.717, 1.165) is 23.3 Å². The highest BCUT2D eigenvalue weighted by Crippen LogP contribution is 2.35. The molecule has 0 aliphatic rings. The van der Waals surface area contributed by atoms with Crippen molar-refractivity contribution in [2.24, 2.45) is 0 Å². The van der Waals surface area contributed by atoms with Crippen LogP contribution in [0.3, 0.4) is 0 Å². The van der Waals surface area contributed by atoms with Gasteiger partial charge in [-0.15, -0.1) is 26.6 Å². The maximum atomic E-state index is 12.7. The van der Waals surface area contributed by atoms with E-state index in [1.54, 1.807) is 23.0 Å². The zero-order valence-corrected chi connectivity index (χ0v) is 16.2. The summed E-state index contributed by atoms with van der Waals surface area (Å²) in [7, 11) is 0. The molecule has 4 aromatic heterocycles. The molecule has 0 radical (unpaired) electrons. The smallest absolute Gasteiger partial charge is 0.314 e. The van der Waals surface area contributed by atoms with Crippen molar-refractivity contribution in [2.45, 2.75) is 32.2 Å². The fourth-order valence-electron chi connectivity index (χ4n) is 2.87. The lowest BCUT2D eigenvalue weighted by molar-refractivity contribution is 0.116. The van der Waals surface area contributed by atoms with E-state index in [9.17, 15) is 8.78 Å². The molecule has 0 fully saturated rings. The first-order valence-corrected chi connectivity index (χ1v) is 9.72. The molecule has 0 bridgehead atoms. The molecule has 150 valence electrons. The summed E-state index contributed by atoms with van der Waals surface area (Å²) in [4.78, 5) is 5.70. The molecule has 1 unspecified atom stereocenters. The molecule has 29 heavy (non-hydrogen) atoms. The maximum absolute atomic E-state index is 12.7. The monoisotopic (exact) mass is 417 g/mol. The first-order valence-electron chi connectivity index (χ1n) is 8.90. The van der Waals surface area contributed by atoms with E-state index in [1.165, 1.54) is 11.3 Å². The van der Waals surface area contributed by atoms with E-state index in [4.69, 9.17) is 10.2 Å². The van der Waals surface area contributed by atoms with Gasteiger partial charge < -0.3 is 10.2 Å². The molecule has 0 spiro atoms. The van der Waals surface area contributed by atoms with Crippen molar-refractivity contribution in [1.29, 1.82) is 0 Å². The fraction of sp³-hybridized carbons (Fsp3) is 0.278. The van der Waals surface area contributed by atoms with E-state index in [2.05, 4.69) is 32.4 Å². The number of rotatable bonds is 7. The number of nitrogens with zero attached hydrogens (tertiary/aromatic N) is 6. The molecule has 2 N–H and O–H groups in total. The third-order valence-corrected chi connectivity index (χ3v) is 5.44. The van der Waals surface area contributed by atoms with E-state index in [0.29, 0.717) is 16.4 Å². The highest BCUT2D eigenvalue weighted by Gasteiger charge is 2.21. The summed E-state index contributed by atoms with van der Waals surface area (Å²) in [6.45, 7) is 2.08. The SMILES string of the molecule is CCCC(c1ccc(-c2nnc(C(F)F)o2)s1)n1cc(-c2ccc(N)nc2)nn1. The summed E-state index contributed by atoms with van der Waals surface area (Å²) in [5.41, 5.74) is 7.14. The molecule has 1 atom stereocenters. The van der Waals surface area contributed by atoms with Gasteiger partial charge in [0.2, 0.25) is 0 Å². The van der Waals surface area contributed by atoms with Crippen molar-refractivity contribution < 1.29 is 13.2 Å². The van der Waals surface area contributed by atoms with E-state index >= 15 is 0 Å². The van der Waals surface area contributed by atoms with Gasteiger partial charge in [-0.3, -0.25) is 0 Å². The van der Waals surface area contributed by atoms with Gasteiger partial charge in [-0.25, -0.2) is 9.67 Å². The van der Waals surface area contributed by atoms with Gasteiger partial charge in [0.25, 0.3) is 11.8 Å². The Morgan fingerprint density at radius 1 is 1.17 bits per heavy atom. The number of anilines is 1. The summed E-state index contributed by atoms with van der Waals surface area (Å²) in [5.74, 6) is -0.163. The molecular weight excluding hydrogens is 400 g/mol. The van der Waals surface area contributed by atoms with Crippen LogP contribution in [-0.4, -0.2) is 30.2 Å². The number of aromatic nitrogens is 6. The highest BCUT2D eigenvalue weighted by atomic mass is 32.1. The summed E-state index contributed by atoms with van der Waals surface area (Å²) in [6.07, 6.45) is 2.47. The predicted molar refractivity (Wildman–Crippen MR) is 103 cm³/mol. The number of nitrogen functional groups attached to an aromatic ring is 1. The summed E-state index contributed by atoms with van der Waals surface area (Å²) in [6, 6.07) is 7.19. The second kappa shape index (κ2) is 8.03. The van der Waals surface area contributed by atoms with Gasteiger partial charge in [0.15, 0.2) is 0 Å². The largest absolute Gasteiger partial charge is 0.414 e. The fourth-order valence-corrected chi connectivity index (χ4v) is 3.92. The molecule has 4 rings (SSSR count). The van der Waals surface area contributed by atoms with Crippen LogP contribution in [0.2, 0.25) is 0 Å². The standard InChI is InChI=1S/C18H17F2N7OS/c1-2-3-12(27-9-11(23-26-27)10-4-7-15(21)22-8-10)13-5-6-14(29-13)17-24-25-18(28-17)16(19)20/h4-9,12,16H,2-3H2,1H3,(H2,21,22). The minimum Gasteiger partial charge on any atom is -0.414 e. The molecule has 0 aromatic carbocycles. The minimum absolute atomic E-state index is 0.0563. The number of halogens is 2. The number of pyridine rings is 1. The zero-order chi connectivity index (χ0) is 20.4. The van der Waals surface area contributed by atoms with Crippen LogP contribution in [0.25, 0.3) is 22.0 Å². The molecule has 0 saturated carbocycles. The lowest BCUT2D eigenvalue weighted by Crippen LogP contribution is -2.09. The lowest BCUT2D eigenvalue weighted by atomic mass is 10.1. The zero-order valence-electron chi connectivity index (χ0n) is 15.4. The van der Waals surface area contributed by atoms with Gasteiger partial charge in [0.1, 0.15) is 11.5 Å². The quantitative estimate of drug-likeness (QED) is 0.476. The second-order valence-corrected chi connectivity index (χ2v) is 7.42. The van der Waals surface area contributed by atoms with Crippen LogP contribution in [0.15, 0.2) is 41.1 Å². The van der Waals surface area contributed by atoms with Crippen LogP contribution in [0.1, 0.15) is 43.0 Å². The molecule has 0 aliphatic carbocycles. The van der Waals surface area contributed by atoms with E-state index in [1.807, 2.05) is 18.3 Å². The van der Waals surface area contributed by atoms with E-state index < -0.39 is 12.3 Å². The Morgan fingerprint density at radius 2 is 2.03 bits per heavy atom. The Kier molecular flexibility index (Phi) is 5.30. The third-order valence-electron chi connectivity index (χ3n) is 4.27. The molecule has 4 aromatic rings. The molecular formula is C18H17F2N7OS. The molecule has 11 heteroatoms. The predicted octanol–water partition coefficient (Wildman–Crippen LogP) is 4.36. The molecule has 0 aliphatic heterocycles. The highest BCUT2D eigenvalue weighted by molar-refractivity contribution is 7.15. The van der Waals surface area contributed by atoms with Gasteiger partial charge in [-0.2, -0.15) is 8.78 Å². The lowest BCUT2D eigenvalue weighted by Gasteiger charge is -2.14. The number of hydrogen-bond donors (Lipinski definition) is 1. The number of hydrogen-bond acceptors (Lipinski definition) is 8. The van der Waals surface area contributed by atoms with Crippen LogP contribution in [-0.2, 0) is 0 Å². The molecule has 0 saturated heterocycles. The molecule has 8 nitrogen and oxygen atoms in total. The van der Waals surface area contributed by atoms with Crippen molar-refractivity contribution in [1.82, 2.24) is 30.2 Å². The third kappa shape index (κ3) is 3.99. The van der Waals surface area contributed by atoms with Gasteiger partial charge in [0, 0.05) is 16.6 Å². The first kappa shape index (κ1) is 19.1. The van der Waals surface area contributed by atoms with Crippen LogP contribution >= 0.6 is 11.3 Å². The van der Waals surface area contributed by atoms with Gasteiger partial charge >= 0.3 is 6.43 Å². The van der Waals surface area contributed by atoms with Crippen molar-refractivity contribution >= 4 is 17.2 Å². The first-order chi connectivity index (χ1) is 14.0. The Labute approximate surface area is 168 Å². The summed E-state index contributed by atoms with van der Waals surface area (Å²) >= 11 is 1.40. The Morgan fingerprint density at radius 3 is 2.72 bits per heavy atom. The van der Waals surface area contributed by atoms with Crippen LogP contribution in [0.4, 0.5) is 14.6 Å². The Bertz CT molecular complexity index is 1090. The van der Waals surface area contributed by atoms with Gasteiger partial charge in [-0.05, 0) is 30.7 Å². The minimum atomic E-state index is -2.79. The Balaban J connectivity index is 1.61. The van der Waals surface area contributed by atoms with E-state index in [-0.39, 0.29) is 11.9 Å². The van der Waals surface area contributed by atoms with Crippen molar-refractivity contribution in [3.05, 3.63) is 47.4 Å². The second-order valence-electron chi connectivity index (χ2n) is 6.31.